The van der Waals surface area contributed by atoms with Gasteiger partial charge in [0.05, 0.1) is 12.9 Å². The van der Waals surface area contributed by atoms with E-state index in [2.05, 4.69) is 58.4 Å². The van der Waals surface area contributed by atoms with Gasteiger partial charge in [0.1, 0.15) is 5.52 Å². The molecule has 23 heavy (non-hydrogen) atoms. The quantitative estimate of drug-likeness (QED) is 0.684. The van der Waals surface area contributed by atoms with E-state index in [0.717, 1.165) is 25.0 Å². The third kappa shape index (κ3) is 3.41. The lowest BCUT2D eigenvalue weighted by Gasteiger charge is -2.08. The van der Waals surface area contributed by atoms with Gasteiger partial charge in [0, 0.05) is 6.54 Å². The van der Waals surface area contributed by atoms with Crippen LogP contribution in [0.3, 0.4) is 0 Å². The van der Waals surface area contributed by atoms with Crippen LogP contribution in [-0.4, -0.2) is 26.1 Å². The third-order valence-corrected chi connectivity index (χ3v) is 3.74. The molecule has 0 atom stereocenters. The first-order chi connectivity index (χ1) is 11.2. The van der Waals surface area contributed by atoms with Gasteiger partial charge in [-0.15, -0.1) is 0 Å². The van der Waals surface area contributed by atoms with E-state index in [9.17, 15) is 0 Å². The smallest absolute Gasteiger partial charge is 0.226 e. The molecule has 2 heterocycles. The predicted octanol–water partition coefficient (Wildman–Crippen LogP) is 2.98. The SMILES string of the molecule is CCCCNc1nc(N)c2ncn(Cc3cccc(C)c3)c2n1. The number of anilines is 2. The first-order valence-corrected chi connectivity index (χ1v) is 7.95. The number of unbranched alkanes of at least 4 members (excludes halogenated alkanes) is 1. The molecule has 0 bridgehead atoms. The van der Waals surface area contributed by atoms with Gasteiger partial charge in [-0.05, 0) is 18.9 Å². The van der Waals surface area contributed by atoms with Crippen molar-refractivity contribution in [3.8, 4) is 0 Å². The number of imidazole rings is 1. The molecular weight excluding hydrogens is 288 g/mol. The molecule has 0 fully saturated rings. The van der Waals surface area contributed by atoms with Gasteiger partial charge in [-0.2, -0.15) is 9.97 Å². The number of nitrogens with zero attached hydrogens (tertiary/aromatic N) is 4. The second-order valence-electron chi connectivity index (χ2n) is 5.75. The maximum Gasteiger partial charge on any atom is 0.226 e. The van der Waals surface area contributed by atoms with Gasteiger partial charge >= 0.3 is 0 Å². The van der Waals surface area contributed by atoms with Crippen molar-refractivity contribution in [3.63, 3.8) is 0 Å². The van der Waals surface area contributed by atoms with Gasteiger partial charge in [0.2, 0.25) is 5.95 Å². The molecule has 3 rings (SSSR count). The maximum atomic E-state index is 6.03. The summed E-state index contributed by atoms with van der Waals surface area (Å²) in [5, 5.41) is 3.23. The Morgan fingerprint density at radius 3 is 2.91 bits per heavy atom. The molecule has 0 saturated carbocycles. The monoisotopic (exact) mass is 310 g/mol. The largest absolute Gasteiger partial charge is 0.382 e. The first kappa shape index (κ1) is 15.3. The highest BCUT2D eigenvalue weighted by molar-refractivity contribution is 5.82. The van der Waals surface area contributed by atoms with Crippen LogP contribution >= 0.6 is 0 Å². The fourth-order valence-electron chi connectivity index (χ4n) is 2.55. The summed E-state index contributed by atoms with van der Waals surface area (Å²) in [5.74, 6) is 0.978. The van der Waals surface area contributed by atoms with E-state index >= 15 is 0 Å². The lowest BCUT2D eigenvalue weighted by Crippen LogP contribution is -2.08. The van der Waals surface area contributed by atoms with Crippen LogP contribution in [-0.2, 0) is 6.54 Å². The summed E-state index contributed by atoms with van der Waals surface area (Å²) in [6.45, 7) is 5.79. The van der Waals surface area contributed by atoms with Gasteiger partial charge in [0.15, 0.2) is 11.5 Å². The van der Waals surface area contributed by atoms with Gasteiger partial charge in [-0.1, -0.05) is 43.2 Å². The van der Waals surface area contributed by atoms with Crippen molar-refractivity contribution < 1.29 is 0 Å². The summed E-state index contributed by atoms with van der Waals surface area (Å²) in [6.07, 6.45) is 3.97. The number of fused-ring (bicyclic) bond motifs is 1. The highest BCUT2D eigenvalue weighted by Gasteiger charge is 2.11. The molecule has 6 nitrogen and oxygen atoms in total. The van der Waals surface area contributed by atoms with E-state index < -0.39 is 0 Å². The molecular formula is C17H22N6. The number of rotatable bonds is 6. The fourth-order valence-corrected chi connectivity index (χ4v) is 2.55. The topological polar surface area (TPSA) is 81.6 Å². The molecule has 0 aliphatic heterocycles. The number of nitrogens with two attached hydrogens (primary N) is 1. The highest BCUT2D eigenvalue weighted by atomic mass is 15.2. The molecule has 3 N–H and O–H groups in total. The molecule has 1 aromatic carbocycles. The average Bonchev–Trinajstić information content (AvgIpc) is 2.91. The maximum absolute atomic E-state index is 6.03. The highest BCUT2D eigenvalue weighted by Crippen LogP contribution is 2.19. The molecule has 2 aromatic heterocycles. The van der Waals surface area contributed by atoms with Gasteiger partial charge in [-0.25, -0.2) is 4.98 Å². The predicted molar refractivity (Wildman–Crippen MR) is 93.4 cm³/mol. The molecule has 0 unspecified atom stereocenters. The van der Waals surface area contributed by atoms with Gasteiger partial charge < -0.3 is 15.6 Å². The van der Waals surface area contributed by atoms with Crippen molar-refractivity contribution in [1.29, 1.82) is 0 Å². The van der Waals surface area contributed by atoms with Crippen LogP contribution in [0.4, 0.5) is 11.8 Å². The molecule has 6 heteroatoms. The van der Waals surface area contributed by atoms with Crippen LogP contribution in [0.2, 0.25) is 0 Å². The van der Waals surface area contributed by atoms with E-state index in [1.807, 2.05) is 4.57 Å². The number of nitrogen functional groups attached to an aromatic ring is 1. The number of benzene rings is 1. The second kappa shape index (κ2) is 6.64. The molecule has 0 saturated heterocycles. The summed E-state index contributed by atoms with van der Waals surface area (Å²) in [6, 6.07) is 8.41. The number of hydrogen-bond donors (Lipinski definition) is 2. The van der Waals surface area contributed by atoms with Crippen LogP contribution in [0.25, 0.3) is 11.2 Å². The van der Waals surface area contributed by atoms with Crippen LogP contribution in [0.15, 0.2) is 30.6 Å². The fraction of sp³-hybridized carbons (Fsp3) is 0.353. The normalized spacial score (nSPS) is 11.0. The summed E-state index contributed by atoms with van der Waals surface area (Å²) in [4.78, 5) is 13.2. The van der Waals surface area contributed by atoms with E-state index in [1.54, 1.807) is 6.33 Å². The molecule has 0 aliphatic carbocycles. The van der Waals surface area contributed by atoms with Gasteiger partial charge in [0.25, 0.3) is 0 Å². The van der Waals surface area contributed by atoms with E-state index in [4.69, 9.17) is 5.73 Å². The van der Waals surface area contributed by atoms with E-state index in [1.165, 1.54) is 11.1 Å². The Hall–Kier alpha value is -2.63. The van der Waals surface area contributed by atoms with Gasteiger partial charge in [-0.3, -0.25) is 0 Å². The summed E-state index contributed by atoms with van der Waals surface area (Å²) < 4.78 is 2.01. The van der Waals surface area contributed by atoms with E-state index in [0.29, 0.717) is 23.8 Å². The Bertz CT molecular complexity index is 808. The standard InChI is InChI=1S/C17H22N6/c1-3-4-8-19-17-21-15(18)14-16(22-17)23(11-20-14)10-13-7-5-6-12(2)9-13/h5-7,9,11H,3-4,8,10H2,1-2H3,(H3,18,19,21,22). The molecule has 3 aromatic rings. The minimum absolute atomic E-state index is 0.414. The molecule has 0 radical (unpaired) electrons. The summed E-state index contributed by atoms with van der Waals surface area (Å²) in [7, 11) is 0. The van der Waals surface area contributed by atoms with Crippen molar-refractivity contribution in [2.75, 3.05) is 17.6 Å². The molecule has 0 spiro atoms. The Morgan fingerprint density at radius 1 is 1.26 bits per heavy atom. The Morgan fingerprint density at radius 2 is 2.13 bits per heavy atom. The van der Waals surface area contributed by atoms with E-state index in [-0.39, 0.29) is 0 Å². The Kier molecular flexibility index (Phi) is 4.41. The van der Waals surface area contributed by atoms with Crippen molar-refractivity contribution >= 4 is 22.9 Å². The number of aromatic nitrogens is 4. The number of aryl methyl sites for hydroxylation is 1. The molecule has 0 amide bonds. The molecule has 120 valence electrons. The first-order valence-electron chi connectivity index (χ1n) is 7.95. The van der Waals surface area contributed by atoms with Crippen molar-refractivity contribution in [2.24, 2.45) is 0 Å². The zero-order valence-corrected chi connectivity index (χ0v) is 13.6. The lowest BCUT2D eigenvalue weighted by molar-refractivity contribution is 0.807. The van der Waals surface area contributed by atoms with Crippen LogP contribution < -0.4 is 11.1 Å². The number of nitrogens with one attached hydrogen (secondary N) is 1. The average molecular weight is 310 g/mol. The minimum atomic E-state index is 0.414. The second-order valence-corrected chi connectivity index (χ2v) is 5.75. The zero-order valence-electron chi connectivity index (χ0n) is 13.6. The van der Waals surface area contributed by atoms with Crippen molar-refractivity contribution in [2.45, 2.75) is 33.2 Å². The Labute approximate surface area is 135 Å². The van der Waals surface area contributed by atoms with Crippen LogP contribution in [0, 0.1) is 6.92 Å². The Balaban J connectivity index is 1.91. The third-order valence-electron chi connectivity index (χ3n) is 3.74. The summed E-state index contributed by atoms with van der Waals surface area (Å²) in [5.41, 5.74) is 9.89. The van der Waals surface area contributed by atoms with Crippen LogP contribution in [0.5, 0.6) is 0 Å². The minimum Gasteiger partial charge on any atom is -0.382 e. The molecule has 0 aliphatic rings. The lowest BCUT2D eigenvalue weighted by atomic mass is 10.1. The van der Waals surface area contributed by atoms with Crippen molar-refractivity contribution in [1.82, 2.24) is 19.5 Å². The summed E-state index contributed by atoms with van der Waals surface area (Å²) >= 11 is 0. The number of hydrogen-bond acceptors (Lipinski definition) is 5. The van der Waals surface area contributed by atoms with Crippen LogP contribution in [0.1, 0.15) is 30.9 Å². The van der Waals surface area contributed by atoms with Crippen molar-refractivity contribution in [3.05, 3.63) is 41.7 Å². The zero-order chi connectivity index (χ0) is 16.2.